The van der Waals surface area contributed by atoms with Crippen molar-refractivity contribution >= 4 is 64.1 Å². The SMILES string of the molecule is COc1cc(N2C(=O)c3ccccc3C2=O)c(Cl)cc1C(=O)OCC(=O)c1ccc(Cl)cc1Cl. The van der Waals surface area contributed by atoms with Crippen molar-refractivity contribution in [2.45, 2.75) is 0 Å². The summed E-state index contributed by atoms with van der Waals surface area (Å²) in [5.41, 5.74) is 0.578. The third kappa shape index (κ3) is 4.25. The standard InChI is InChI=1S/C24H14Cl3NO6/c1-33-21-10-19(28-22(30)13-4-2-3-5-14(13)23(28)31)18(27)9-16(21)24(32)34-11-20(29)15-7-6-12(25)8-17(15)26/h2-10H,11H2,1H3. The lowest BCUT2D eigenvalue weighted by atomic mass is 10.1. The van der Waals surface area contributed by atoms with Crippen molar-refractivity contribution in [3.05, 3.63) is 91.9 Å². The Labute approximate surface area is 208 Å². The summed E-state index contributed by atoms with van der Waals surface area (Å²) in [6.45, 7) is -0.596. The Kier molecular flexibility index (Phi) is 6.61. The molecule has 0 radical (unpaired) electrons. The van der Waals surface area contributed by atoms with Crippen molar-refractivity contribution in [1.82, 2.24) is 0 Å². The molecular formula is C24H14Cl3NO6. The van der Waals surface area contributed by atoms with Gasteiger partial charge in [0.15, 0.2) is 6.61 Å². The van der Waals surface area contributed by atoms with Gasteiger partial charge in [0, 0.05) is 16.7 Å². The number of fused-ring (bicyclic) bond motifs is 1. The highest BCUT2D eigenvalue weighted by Crippen LogP contribution is 2.38. The molecule has 4 rings (SSSR count). The number of esters is 1. The number of rotatable bonds is 6. The van der Waals surface area contributed by atoms with Crippen molar-refractivity contribution in [3.63, 3.8) is 0 Å². The van der Waals surface area contributed by atoms with Gasteiger partial charge in [-0.15, -0.1) is 0 Å². The Morgan fingerprint density at radius 1 is 0.853 bits per heavy atom. The van der Waals surface area contributed by atoms with Gasteiger partial charge in [0.05, 0.1) is 34.0 Å². The molecule has 172 valence electrons. The number of halogens is 3. The van der Waals surface area contributed by atoms with Crippen LogP contribution in [-0.4, -0.2) is 37.3 Å². The number of imide groups is 1. The quantitative estimate of drug-likeness (QED) is 0.243. The number of Topliss-reactive ketones (excluding diaryl/α,β-unsaturated/α-hetero) is 1. The van der Waals surface area contributed by atoms with E-state index in [2.05, 4.69) is 0 Å². The van der Waals surface area contributed by atoms with Crippen LogP contribution in [0.5, 0.6) is 5.75 Å². The van der Waals surface area contributed by atoms with Crippen molar-refractivity contribution in [2.24, 2.45) is 0 Å². The molecule has 3 aromatic carbocycles. The number of hydrogen-bond acceptors (Lipinski definition) is 6. The fraction of sp³-hybridized carbons (Fsp3) is 0.0833. The van der Waals surface area contributed by atoms with Crippen molar-refractivity contribution < 1.29 is 28.7 Å². The fourth-order valence-corrected chi connectivity index (χ4v) is 4.21. The van der Waals surface area contributed by atoms with Crippen LogP contribution in [0, 0.1) is 0 Å². The third-order valence-electron chi connectivity index (χ3n) is 5.09. The first kappa shape index (κ1) is 23.8. The third-order valence-corrected chi connectivity index (χ3v) is 5.94. The monoisotopic (exact) mass is 517 g/mol. The van der Waals surface area contributed by atoms with E-state index in [9.17, 15) is 19.2 Å². The van der Waals surface area contributed by atoms with E-state index < -0.39 is 30.2 Å². The molecule has 0 atom stereocenters. The van der Waals surface area contributed by atoms with Gasteiger partial charge in [-0.2, -0.15) is 0 Å². The lowest BCUT2D eigenvalue weighted by Crippen LogP contribution is -2.29. The zero-order valence-electron chi connectivity index (χ0n) is 17.4. The number of amides is 2. The average Bonchev–Trinajstić information content (AvgIpc) is 3.07. The molecule has 1 aliphatic heterocycles. The highest BCUT2D eigenvalue weighted by Gasteiger charge is 2.38. The fourth-order valence-electron chi connectivity index (χ4n) is 3.45. The van der Waals surface area contributed by atoms with Crippen molar-refractivity contribution in [1.29, 1.82) is 0 Å². The van der Waals surface area contributed by atoms with Crippen molar-refractivity contribution in [2.75, 3.05) is 18.6 Å². The molecule has 0 aliphatic carbocycles. The highest BCUT2D eigenvalue weighted by atomic mass is 35.5. The summed E-state index contributed by atoms with van der Waals surface area (Å²) < 4.78 is 10.4. The van der Waals surface area contributed by atoms with E-state index in [4.69, 9.17) is 44.3 Å². The summed E-state index contributed by atoms with van der Waals surface area (Å²) in [6.07, 6.45) is 0. The van der Waals surface area contributed by atoms with Gasteiger partial charge in [0.1, 0.15) is 11.3 Å². The Morgan fingerprint density at radius 3 is 2.09 bits per heavy atom. The second kappa shape index (κ2) is 9.46. The first-order chi connectivity index (χ1) is 16.2. The summed E-state index contributed by atoms with van der Waals surface area (Å²) in [7, 11) is 1.30. The van der Waals surface area contributed by atoms with Crippen LogP contribution in [0.2, 0.25) is 15.1 Å². The van der Waals surface area contributed by atoms with Crippen LogP contribution < -0.4 is 9.64 Å². The first-order valence-electron chi connectivity index (χ1n) is 9.73. The Balaban J connectivity index is 1.58. The molecule has 0 fully saturated rings. The molecule has 0 bridgehead atoms. The molecule has 0 saturated heterocycles. The predicted molar refractivity (Wildman–Crippen MR) is 127 cm³/mol. The zero-order valence-corrected chi connectivity index (χ0v) is 19.7. The van der Waals surface area contributed by atoms with Gasteiger partial charge in [-0.1, -0.05) is 46.9 Å². The van der Waals surface area contributed by atoms with Gasteiger partial charge in [-0.25, -0.2) is 9.69 Å². The van der Waals surface area contributed by atoms with Crippen molar-refractivity contribution in [3.8, 4) is 5.75 Å². The van der Waals surface area contributed by atoms with E-state index in [-0.39, 0.29) is 43.7 Å². The summed E-state index contributed by atoms with van der Waals surface area (Å²) in [5.74, 6) is -2.54. The minimum absolute atomic E-state index is 0.00192. The molecule has 1 aliphatic rings. The molecule has 0 unspecified atom stereocenters. The maximum absolute atomic E-state index is 12.8. The molecule has 0 aromatic heterocycles. The summed E-state index contributed by atoms with van der Waals surface area (Å²) in [4.78, 5) is 51.6. The lowest BCUT2D eigenvalue weighted by Gasteiger charge is -2.18. The number of anilines is 1. The van der Waals surface area contributed by atoms with Crippen LogP contribution in [-0.2, 0) is 4.74 Å². The Morgan fingerprint density at radius 2 is 1.50 bits per heavy atom. The lowest BCUT2D eigenvalue weighted by molar-refractivity contribution is 0.0471. The molecule has 2 amide bonds. The molecule has 0 spiro atoms. The Bertz CT molecular complexity index is 1340. The largest absolute Gasteiger partial charge is 0.496 e. The molecular weight excluding hydrogens is 505 g/mol. The van der Waals surface area contributed by atoms with E-state index in [0.29, 0.717) is 5.02 Å². The number of hydrogen-bond donors (Lipinski definition) is 0. The van der Waals surface area contributed by atoms with Crippen LogP contribution >= 0.6 is 34.8 Å². The maximum atomic E-state index is 12.8. The highest BCUT2D eigenvalue weighted by molar-refractivity contribution is 6.40. The van der Waals surface area contributed by atoms with E-state index in [1.165, 1.54) is 49.6 Å². The van der Waals surface area contributed by atoms with Gasteiger partial charge in [-0.05, 0) is 36.4 Å². The summed E-state index contributed by atoms with van der Waals surface area (Å²) >= 11 is 18.2. The number of benzene rings is 3. The average molecular weight is 519 g/mol. The number of ketones is 1. The molecule has 3 aromatic rings. The van der Waals surface area contributed by atoms with E-state index in [1.54, 1.807) is 12.1 Å². The van der Waals surface area contributed by atoms with Crippen LogP contribution in [0.25, 0.3) is 0 Å². The molecule has 7 nitrogen and oxygen atoms in total. The molecule has 34 heavy (non-hydrogen) atoms. The number of ether oxygens (including phenoxy) is 2. The summed E-state index contributed by atoms with van der Waals surface area (Å²) in [5, 5.41) is 0.421. The topological polar surface area (TPSA) is 90.0 Å². The van der Waals surface area contributed by atoms with Gasteiger partial charge in [0.2, 0.25) is 5.78 Å². The van der Waals surface area contributed by atoms with E-state index in [1.807, 2.05) is 0 Å². The molecule has 0 N–H and O–H groups in total. The maximum Gasteiger partial charge on any atom is 0.342 e. The number of carbonyl (C=O) groups is 4. The van der Waals surface area contributed by atoms with Gasteiger partial charge >= 0.3 is 5.97 Å². The smallest absolute Gasteiger partial charge is 0.342 e. The number of nitrogens with zero attached hydrogens (tertiary/aromatic N) is 1. The van der Waals surface area contributed by atoms with E-state index >= 15 is 0 Å². The Hall–Kier alpha value is -3.39. The summed E-state index contributed by atoms with van der Waals surface area (Å²) in [6, 6.07) is 13.2. The predicted octanol–water partition coefficient (Wildman–Crippen LogP) is 5.50. The van der Waals surface area contributed by atoms with Crippen LogP contribution in [0.1, 0.15) is 41.4 Å². The minimum Gasteiger partial charge on any atom is -0.496 e. The van der Waals surface area contributed by atoms with Crippen LogP contribution in [0.4, 0.5) is 5.69 Å². The zero-order chi connectivity index (χ0) is 24.6. The van der Waals surface area contributed by atoms with E-state index in [0.717, 1.165) is 4.90 Å². The second-order valence-corrected chi connectivity index (χ2v) is 8.37. The minimum atomic E-state index is -0.897. The second-order valence-electron chi connectivity index (χ2n) is 7.12. The van der Waals surface area contributed by atoms with Gasteiger partial charge in [-0.3, -0.25) is 14.4 Å². The normalized spacial score (nSPS) is 12.5. The molecule has 1 heterocycles. The number of methoxy groups -OCH3 is 1. The number of carbonyl (C=O) groups excluding carboxylic acids is 4. The molecule has 10 heteroatoms. The van der Waals surface area contributed by atoms with Gasteiger partial charge < -0.3 is 9.47 Å². The van der Waals surface area contributed by atoms with Gasteiger partial charge in [0.25, 0.3) is 11.8 Å². The molecule has 0 saturated carbocycles. The van der Waals surface area contributed by atoms with Crippen LogP contribution in [0.3, 0.4) is 0 Å². The van der Waals surface area contributed by atoms with Crippen LogP contribution in [0.15, 0.2) is 54.6 Å². The first-order valence-corrected chi connectivity index (χ1v) is 10.9.